The Morgan fingerprint density at radius 3 is 1.26 bits per heavy atom. The largest absolute Gasteiger partial charge is 0.633 e. The SMILES string of the molecule is CCCSc1cc2c(cc1SCCC)C1=Nc3c4cc(SCCC)c(SCCC)cc4c4n3B(Oc3ccc(C(C)(C)C)cc3)n3c(c5cc(SCCC)c(SCCC)cc5c3=N4)=NC2=N1. The van der Waals surface area contributed by atoms with Crippen molar-refractivity contribution in [3.05, 3.63) is 88.3 Å². The van der Waals surface area contributed by atoms with Gasteiger partial charge in [-0.2, -0.15) is 0 Å². The Bertz CT molecular complexity index is 2990. The van der Waals surface area contributed by atoms with Crippen LogP contribution in [-0.4, -0.2) is 62.3 Å². The van der Waals surface area contributed by atoms with Crippen LogP contribution in [0.2, 0.25) is 0 Å². The van der Waals surface area contributed by atoms with Gasteiger partial charge < -0.3 is 4.65 Å². The van der Waals surface area contributed by atoms with Gasteiger partial charge in [-0.3, -0.25) is 8.96 Å². The number of amidine groups is 2. The molecule has 5 heterocycles. The van der Waals surface area contributed by atoms with E-state index >= 15 is 0 Å². The van der Waals surface area contributed by atoms with E-state index in [-0.39, 0.29) is 5.41 Å². The Labute approximate surface area is 417 Å². The minimum atomic E-state index is -0.685. The molecule has 4 bridgehead atoms. The fourth-order valence-electron chi connectivity index (χ4n) is 8.40. The second kappa shape index (κ2) is 20.8. The van der Waals surface area contributed by atoms with Crippen molar-refractivity contribution >= 4 is 123 Å². The molecule has 7 nitrogen and oxygen atoms in total. The van der Waals surface area contributed by atoms with Crippen molar-refractivity contribution in [3.8, 4) is 5.75 Å². The van der Waals surface area contributed by atoms with Crippen molar-refractivity contribution in [3.63, 3.8) is 0 Å². The van der Waals surface area contributed by atoms with E-state index in [2.05, 4.69) is 132 Å². The van der Waals surface area contributed by atoms with E-state index in [1.165, 1.54) is 34.9 Å². The molecule has 66 heavy (non-hydrogen) atoms. The Kier molecular flexibility index (Phi) is 15.1. The van der Waals surface area contributed by atoms with Gasteiger partial charge >= 0.3 is 7.19 Å². The van der Waals surface area contributed by atoms with Gasteiger partial charge in [-0.25, -0.2) is 20.0 Å². The standard InChI is InChI=1S/C52H61BN6OS6/c1-10-20-61-40-26-34-35(27-41(40)62-21-11-2)47-54-46(34)55-48-36-28-42(63-22-12-3)44(65-24-14-5)30-38(36)50-57-51-39-31-45(66-25-15-6)43(64-23-13-4)29-37(39)49(56-47)59(51)53(58(48)50)60-33-18-16-32(17-19-33)52(7,8)9/h16-19,26-31H,10-15,20-25H2,1-9H3. The molecular formula is C52H61BN6OS6. The van der Waals surface area contributed by atoms with E-state index in [0.29, 0.717) is 11.7 Å². The maximum absolute atomic E-state index is 7.43. The number of hydrogen-bond acceptors (Lipinski definition) is 11. The van der Waals surface area contributed by atoms with Gasteiger partial charge in [0.25, 0.3) is 0 Å². The molecule has 3 aliphatic heterocycles. The van der Waals surface area contributed by atoms with Gasteiger partial charge in [-0.1, -0.05) is 74.4 Å². The molecule has 0 spiro atoms. The molecular weight excluding hydrogens is 928 g/mol. The smallest absolute Gasteiger partial charge is 0.523 e. The number of rotatable bonds is 20. The van der Waals surface area contributed by atoms with Crippen LogP contribution in [0.3, 0.4) is 0 Å². The van der Waals surface area contributed by atoms with Gasteiger partial charge in [0.15, 0.2) is 11.7 Å². The number of aromatic nitrogens is 2. The lowest BCUT2D eigenvalue weighted by Crippen LogP contribution is -2.52. The van der Waals surface area contributed by atoms with Crippen molar-refractivity contribution in [2.75, 3.05) is 34.5 Å². The maximum Gasteiger partial charge on any atom is 0.633 e. The summed E-state index contributed by atoms with van der Waals surface area (Å²) in [5.74, 6) is 10.1. The number of hydrogen-bond donors (Lipinski definition) is 0. The fourth-order valence-corrected chi connectivity index (χ4v) is 14.4. The molecule has 4 aromatic carbocycles. The van der Waals surface area contributed by atoms with Crippen molar-refractivity contribution in [2.45, 2.75) is 136 Å². The second-order valence-electron chi connectivity index (χ2n) is 18.0. The highest BCUT2D eigenvalue weighted by atomic mass is 32.2. The zero-order valence-electron chi connectivity index (χ0n) is 39.9. The lowest BCUT2D eigenvalue weighted by Gasteiger charge is -2.24. The molecule has 0 saturated heterocycles. The van der Waals surface area contributed by atoms with Gasteiger partial charge in [0.1, 0.15) is 28.4 Å². The Balaban J connectivity index is 1.43. The average Bonchev–Trinajstić information content (AvgIpc) is 3.92. The number of fused-ring (bicyclic) bond motifs is 10. The van der Waals surface area contributed by atoms with Crippen LogP contribution in [0.15, 0.2) is 110 Å². The molecule has 0 unspecified atom stereocenters. The van der Waals surface area contributed by atoms with Crippen LogP contribution in [0, 0.1) is 0 Å². The van der Waals surface area contributed by atoms with Crippen molar-refractivity contribution in [1.82, 2.24) is 8.96 Å². The Morgan fingerprint density at radius 2 is 0.833 bits per heavy atom. The van der Waals surface area contributed by atoms with Crippen LogP contribution in [0.1, 0.15) is 118 Å². The van der Waals surface area contributed by atoms with Crippen molar-refractivity contribution in [2.24, 2.45) is 20.0 Å². The normalized spacial score (nSPS) is 13.8. The summed E-state index contributed by atoms with van der Waals surface area (Å²) in [6, 6.07) is 22.9. The number of benzene rings is 4. The minimum absolute atomic E-state index is 0.00598. The molecule has 0 aliphatic carbocycles. The van der Waals surface area contributed by atoms with Crippen LogP contribution in [-0.2, 0) is 5.41 Å². The van der Waals surface area contributed by atoms with Crippen LogP contribution < -0.4 is 15.6 Å². The summed E-state index contributed by atoms with van der Waals surface area (Å²) >= 11 is 11.6. The summed E-state index contributed by atoms with van der Waals surface area (Å²) in [7, 11) is -0.685. The summed E-state index contributed by atoms with van der Waals surface area (Å²) in [5, 5.41) is 4.27. The molecule has 0 saturated carbocycles. The predicted molar refractivity (Wildman–Crippen MR) is 293 cm³/mol. The molecule has 0 amide bonds. The van der Waals surface area contributed by atoms with E-state index in [4.69, 9.17) is 24.6 Å². The summed E-state index contributed by atoms with van der Waals surface area (Å²) in [5.41, 5.74) is 4.98. The molecule has 14 heteroatoms. The first kappa shape index (κ1) is 47.9. The van der Waals surface area contributed by atoms with Crippen molar-refractivity contribution in [1.29, 1.82) is 0 Å². The predicted octanol–water partition coefficient (Wildman–Crippen LogP) is 15.1. The number of nitrogens with zero attached hydrogens (tertiary/aromatic N) is 6. The molecule has 6 aromatic rings. The monoisotopic (exact) mass is 988 g/mol. The highest BCUT2D eigenvalue weighted by Crippen LogP contribution is 2.47. The third kappa shape index (κ3) is 9.33. The topological polar surface area (TPSA) is 68.5 Å². The van der Waals surface area contributed by atoms with E-state index in [0.717, 1.165) is 134 Å². The minimum Gasteiger partial charge on any atom is -0.523 e. The van der Waals surface area contributed by atoms with Crippen LogP contribution in [0.5, 0.6) is 5.75 Å². The molecule has 3 aliphatic rings. The van der Waals surface area contributed by atoms with Crippen LogP contribution >= 0.6 is 70.6 Å². The van der Waals surface area contributed by atoms with Gasteiger partial charge in [-0.15, -0.1) is 70.6 Å². The zero-order valence-corrected chi connectivity index (χ0v) is 44.8. The van der Waals surface area contributed by atoms with Gasteiger partial charge in [0.05, 0.1) is 0 Å². The number of thioether (sulfide) groups is 6. The molecule has 344 valence electrons. The number of aliphatic imine (C=N–C) groups is 2. The third-order valence-corrected chi connectivity index (χ3v) is 19.6. The molecule has 9 rings (SSSR count). The van der Waals surface area contributed by atoms with Crippen molar-refractivity contribution < 1.29 is 4.65 Å². The molecule has 0 fully saturated rings. The van der Waals surface area contributed by atoms with Gasteiger partial charge in [0.2, 0.25) is 0 Å². The zero-order chi connectivity index (χ0) is 46.1. The van der Waals surface area contributed by atoms with E-state index in [1.807, 2.05) is 70.6 Å². The van der Waals surface area contributed by atoms with Crippen LogP contribution in [0.25, 0.3) is 21.5 Å². The molecule has 0 atom stereocenters. The Morgan fingerprint density at radius 1 is 0.455 bits per heavy atom. The molecule has 0 radical (unpaired) electrons. The van der Waals surface area contributed by atoms with E-state index in [9.17, 15) is 0 Å². The Hall–Kier alpha value is -3.14. The first-order valence-electron chi connectivity index (χ1n) is 23.9. The first-order chi connectivity index (χ1) is 32.1. The van der Waals surface area contributed by atoms with Gasteiger partial charge in [0, 0.05) is 62.0 Å². The summed E-state index contributed by atoms with van der Waals surface area (Å²) in [4.78, 5) is 30.4. The van der Waals surface area contributed by atoms with Gasteiger partial charge in [-0.05, 0) is 133 Å². The average molecular weight is 989 g/mol. The first-order valence-corrected chi connectivity index (χ1v) is 29.8. The summed E-state index contributed by atoms with van der Waals surface area (Å²) < 4.78 is 11.9. The fraction of sp³-hybridized carbons (Fsp3) is 0.423. The lowest BCUT2D eigenvalue weighted by atomic mass is 9.87. The highest BCUT2D eigenvalue weighted by molar-refractivity contribution is 8.03. The summed E-state index contributed by atoms with van der Waals surface area (Å²) in [6.45, 7) is 20.3. The maximum atomic E-state index is 7.43. The summed E-state index contributed by atoms with van der Waals surface area (Å²) in [6.07, 6.45) is 6.59. The quantitative estimate of drug-likeness (QED) is 0.0557. The third-order valence-electron chi connectivity index (χ3n) is 11.6. The second-order valence-corrected chi connectivity index (χ2v) is 24.8. The molecule has 2 aromatic heterocycles. The lowest BCUT2D eigenvalue weighted by molar-refractivity contribution is 0.527. The molecule has 0 N–H and O–H groups in total. The highest BCUT2D eigenvalue weighted by Gasteiger charge is 2.41. The van der Waals surface area contributed by atoms with Crippen LogP contribution in [0.4, 0.5) is 11.6 Å². The van der Waals surface area contributed by atoms with E-state index in [1.54, 1.807) is 0 Å². The van der Waals surface area contributed by atoms with E-state index < -0.39 is 7.19 Å².